The van der Waals surface area contributed by atoms with Crippen LogP contribution in [0, 0.1) is 5.92 Å². The highest BCUT2D eigenvalue weighted by atomic mass is 32.2. The van der Waals surface area contributed by atoms with Crippen molar-refractivity contribution in [2.75, 3.05) is 25.2 Å². The second-order valence-corrected chi connectivity index (χ2v) is 6.29. The molecule has 0 saturated heterocycles. The molecule has 1 N–H and O–H groups in total. The van der Waals surface area contributed by atoms with Gasteiger partial charge in [-0.1, -0.05) is 32.9 Å². The summed E-state index contributed by atoms with van der Waals surface area (Å²) in [6, 6.07) is 8.79. The minimum atomic E-state index is 0.414. The lowest BCUT2D eigenvalue weighted by molar-refractivity contribution is 0.413. The SMILES string of the molecule is CCNC(CSCCC(C)C)c1cccc(OC)c1. The number of rotatable bonds is 9. The van der Waals surface area contributed by atoms with Crippen molar-refractivity contribution in [2.24, 2.45) is 5.92 Å². The van der Waals surface area contributed by atoms with Crippen LogP contribution in [0.15, 0.2) is 24.3 Å². The van der Waals surface area contributed by atoms with Gasteiger partial charge in [-0.3, -0.25) is 0 Å². The van der Waals surface area contributed by atoms with Crippen LogP contribution in [0.4, 0.5) is 0 Å². The van der Waals surface area contributed by atoms with Crippen LogP contribution in [0.3, 0.4) is 0 Å². The van der Waals surface area contributed by atoms with E-state index < -0.39 is 0 Å². The zero-order chi connectivity index (χ0) is 14.1. The number of benzene rings is 1. The van der Waals surface area contributed by atoms with Gasteiger partial charge in [0.05, 0.1) is 7.11 Å². The summed E-state index contributed by atoms with van der Waals surface area (Å²) >= 11 is 2.03. The first-order valence-corrected chi connectivity index (χ1v) is 8.27. The van der Waals surface area contributed by atoms with Crippen LogP contribution in [-0.4, -0.2) is 25.2 Å². The number of hydrogen-bond acceptors (Lipinski definition) is 3. The van der Waals surface area contributed by atoms with Crippen LogP contribution < -0.4 is 10.1 Å². The number of nitrogens with one attached hydrogen (secondary N) is 1. The van der Waals surface area contributed by atoms with E-state index in [0.717, 1.165) is 24.0 Å². The quantitative estimate of drug-likeness (QED) is 0.688. The lowest BCUT2D eigenvalue weighted by Gasteiger charge is -2.19. The van der Waals surface area contributed by atoms with Gasteiger partial charge in [0.1, 0.15) is 5.75 Å². The van der Waals surface area contributed by atoms with Crippen molar-refractivity contribution in [3.8, 4) is 5.75 Å². The fourth-order valence-corrected chi connectivity index (χ4v) is 3.25. The van der Waals surface area contributed by atoms with Crippen molar-refractivity contribution in [1.82, 2.24) is 5.32 Å². The van der Waals surface area contributed by atoms with Crippen LogP contribution in [0.1, 0.15) is 38.8 Å². The second kappa shape index (κ2) is 9.27. The third-order valence-electron chi connectivity index (χ3n) is 3.07. The van der Waals surface area contributed by atoms with Crippen LogP contribution in [-0.2, 0) is 0 Å². The zero-order valence-electron chi connectivity index (χ0n) is 12.6. The molecule has 0 bridgehead atoms. The van der Waals surface area contributed by atoms with Crippen molar-refractivity contribution in [1.29, 1.82) is 0 Å². The Morgan fingerprint density at radius 2 is 2.11 bits per heavy atom. The van der Waals surface area contributed by atoms with E-state index in [2.05, 4.69) is 44.3 Å². The largest absolute Gasteiger partial charge is 0.497 e. The van der Waals surface area contributed by atoms with E-state index in [-0.39, 0.29) is 0 Å². The van der Waals surface area contributed by atoms with Crippen molar-refractivity contribution in [3.05, 3.63) is 29.8 Å². The van der Waals surface area contributed by atoms with E-state index in [1.807, 2.05) is 17.8 Å². The van der Waals surface area contributed by atoms with Gasteiger partial charge in [-0.15, -0.1) is 0 Å². The Bertz CT molecular complexity index is 354. The number of ether oxygens (including phenoxy) is 1. The summed E-state index contributed by atoms with van der Waals surface area (Å²) in [7, 11) is 1.72. The van der Waals surface area contributed by atoms with Crippen molar-refractivity contribution in [3.63, 3.8) is 0 Å². The molecule has 0 aliphatic rings. The first kappa shape index (κ1) is 16.4. The van der Waals surface area contributed by atoms with Gasteiger partial charge in [0.25, 0.3) is 0 Å². The molecule has 0 fully saturated rings. The highest BCUT2D eigenvalue weighted by Crippen LogP contribution is 2.23. The molecule has 0 saturated carbocycles. The minimum absolute atomic E-state index is 0.414. The summed E-state index contributed by atoms with van der Waals surface area (Å²) in [5, 5.41) is 3.56. The first-order chi connectivity index (χ1) is 9.17. The standard InChI is InChI=1S/C16H27NOS/c1-5-17-16(12-19-10-9-13(2)3)14-7-6-8-15(11-14)18-4/h6-8,11,13,16-17H,5,9-10,12H2,1-4H3. The average Bonchev–Trinajstić information content (AvgIpc) is 2.42. The predicted octanol–water partition coefficient (Wildman–Crippen LogP) is 4.13. The molecule has 3 heteroatoms. The van der Waals surface area contributed by atoms with E-state index in [1.54, 1.807) is 7.11 Å². The Morgan fingerprint density at radius 1 is 1.32 bits per heavy atom. The molecule has 0 aromatic heterocycles. The molecule has 1 rings (SSSR count). The van der Waals surface area contributed by atoms with Crippen molar-refractivity contribution < 1.29 is 4.74 Å². The van der Waals surface area contributed by atoms with Gasteiger partial charge in [0, 0.05) is 11.8 Å². The lowest BCUT2D eigenvalue weighted by atomic mass is 10.1. The maximum Gasteiger partial charge on any atom is 0.119 e. The molecule has 2 nitrogen and oxygen atoms in total. The fraction of sp³-hybridized carbons (Fsp3) is 0.625. The maximum absolute atomic E-state index is 5.31. The molecule has 0 aliphatic carbocycles. The molecule has 1 aromatic rings. The number of hydrogen-bond donors (Lipinski definition) is 1. The molecule has 0 amide bonds. The van der Waals surface area contributed by atoms with Crippen LogP contribution in [0.2, 0.25) is 0 Å². The van der Waals surface area contributed by atoms with Gasteiger partial charge in [0.15, 0.2) is 0 Å². The molecule has 0 spiro atoms. The molecular weight excluding hydrogens is 254 g/mol. The molecule has 1 aromatic carbocycles. The zero-order valence-corrected chi connectivity index (χ0v) is 13.4. The van der Waals surface area contributed by atoms with E-state index in [4.69, 9.17) is 4.74 Å². The van der Waals surface area contributed by atoms with Crippen LogP contribution in [0.25, 0.3) is 0 Å². The summed E-state index contributed by atoms with van der Waals surface area (Å²) < 4.78 is 5.31. The third-order valence-corrected chi connectivity index (χ3v) is 4.16. The topological polar surface area (TPSA) is 21.3 Å². The Labute approximate surface area is 122 Å². The lowest BCUT2D eigenvalue weighted by Crippen LogP contribution is -2.23. The van der Waals surface area contributed by atoms with Crippen LogP contribution in [0.5, 0.6) is 5.75 Å². The molecule has 1 unspecified atom stereocenters. The Morgan fingerprint density at radius 3 is 2.74 bits per heavy atom. The molecule has 108 valence electrons. The normalized spacial score (nSPS) is 12.7. The molecule has 0 aliphatic heterocycles. The Balaban J connectivity index is 2.55. The molecular formula is C16H27NOS. The number of thioether (sulfide) groups is 1. The highest BCUT2D eigenvalue weighted by Gasteiger charge is 2.11. The van der Waals surface area contributed by atoms with Gasteiger partial charge >= 0.3 is 0 Å². The minimum Gasteiger partial charge on any atom is -0.497 e. The molecule has 0 radical (unpaired) electrons. The molecule has 0 heterocycles. The van der Waals surface area contributed by atoms with E-state index in [0.29, 0.717) is 6.04 Å². The van der Waals surface area contributed by atoms with E-state index in [9.17, 15) is 0 Å². The number of methoxy groups -OCH3 is 1. The smallest absolute Gasteiger partial charge is 0.119 e. The Hall–Kier alpha value is -0.670. The van der Waals surface area contributed by atoms with Gasteiger partial charge < -0.3 is 10.1 Å². The molecule has 1 atom stereocenters. The van der Waals surface area contributed by atoms with Crippen molar-refractivity contribution in [2.45, 2.75) is 33.2 Å². The summed E-state index contributed by atoms with van der Waals surface area (Å²) in [6.07, 6.45) is 1.29. The van der Waals surface area contributed by atoms with Crippen LogP contribution >= 0.6 is 11.8 Å². The summed E-state index contributed by atoms with van der Waals surface area (Å²) in [6.45, 7) is 7.72. The maximum atomic E-state index is 5.31. The first-order valence-electron chi connectivity index (χ1n) is 7.12. The third kappa shape index (κ3) is 6.35. The Kier molecular flexibility index (Phi) is 7.99. The van der Waals surface area contributed by atoms with E-state index in [1.165, 1.54) is 17.7 Å². The summed E-state index contributed by atoms with van der Waals surface area (Å²) in [4.78, 5) is 0. The average molecular weight is 281 g/mol. The summed E-state index contributed by atoms with van der Waals surface area (Å²) in [5.41, 5.74) is 1.32. The van der Waals surface area contributed by atoms with Gasteiger partial charge in [0.2, 0.25) is 0 Å². The van der Waals surface area contributed by atoms with E-state index >= 15 is 0 Å². The predicted molar refractivity (Wildman–Crippen MR) is 86.2 cm³/mol. The van der Waals surface area contributed by atoms with Gasteiger partial charge in [-0.25, -0.2) is 0 Å². The van der Waals surface area contributed by atoms with Crippen molar-refractivity contribution >= 4 is 11.8 Å². The second-order valence-electron chi connectivity index (χ2n) is 5.14. The monoisotopic (exact) mass is 281 g/mol. The highest BCUT2D eigenvalue weighted by molar-refractivity contribution is 7.99. The fourth-order valence-electron chi connectivity index (χ4n) is 1.90. The molecule has 19 heavy (non-hydrogen) atoms. The summed E-state index contributed by atoms with van der Waals surface area (Å²) in [5.74, 6) is 4.09. The van der Waals surface area contributed by atoms with Gasteiger partial charge in [-0.2, -0.15) is 11.8 Å². The van der Waals surface area contributed by atoms with Gasteiger partial charge in [-0.05, 0) is 42.3 Å².